The summed E-state index contributed by atoms with van der Waals surface area (Å²) >= 11 is 0. The molecule has 0 heterocycles. The zero-order valence-electron chi connectivity index (χ0n) is 19.0. The van der Waals surface area contributed by atoms with Crippen LogP contribution in [0.2, 0.25) is 0 Å². The van der Waals surface area contributed by atoms with Crippen molar-refractivity contribution in [1.29, 1.82) is 0 Å². The van der Waals surface area contributed by atoms with Crippen LogP contribution in [0, 0.1) is 0 Å². The van der Waals surface area contributed by atoms with E-state index in [-0.39, 0.29) is 31.2 Å². The Bertz CT molecular complexity index is 1280. The predicted molar refractivity (Wildman–Crippen MR) is 133 cm³/mol. The third kappa shape index (κ3) is 6.49. The van der Waals surface area contributed by atoms with Gasteiger partial charge in [-0.1, -0.05) is 84.9 Å². The van der Waals surface area contributed by atoms with E-state index < -0.39 is 5.97 Å². The topological polar surface area (TPSA) is 115 Å². The number of carbonyl (C=O) groups is 2. The first kappa shape index (κ1) is 25.5. The number of carboxylic acid groups (broad SMARTS) is 1. The van der Waals surface area contributed by atoms with E-state index in [1.165, 1.54) is 6.07 Å². The Labute approximate surface area is 203 Å². The highest BCUT2D eigenvalue weighted by molar-refractivity contribution is 6.09. The van der Waals surface area contributed by atoms with Crippen LogP contribution in [0.1, 0.15) is 43.0 Å². The minimum Gasteiger partial charge on any atom is -0.478 e. The molecule has 0 aromatic heterocycles. The fraction of sp³-hybridized carbons (Fsp3) is 0.103. The lowest BCUT2D eigenvalue weighted by molar-refractivity contribution is 0.0697. The third-order valence-electron chi connectivity index (χ3n) is 5.41. The van der Waals surface area contributed by atoms with Crippen molar-refractivity contribution in [3.63, 3.8) is 0 Å². The van der Waals surface area contributed by atoms with Crippen molar-refractivity contribution >= 4 is 11.8 Å². The molecule has 0 amide bonds. The number of rotatable bonds is 7. The summed E-state index contributed by atoms with van der Waals surface area (Å²) in [7, 11) is 0. The van der Waals surface area contributed by atoms with Gasteiger partial charge in [0.15, 0.2) is 5.78 Å². The van der Waals surface area contributed by atoms with Gasteiger partial charge in [0.05, 0.1) is 25.4 Å². The molecule has 178 valence electrons. The Hall–Kier alpha value is -4.10. The zero-order chi connectivity index (χ0) is 25.2. The van der Waals surface area contributed by atoms with Gasteiger partial charge in [-0.05, 0) is 39.9 Å². The fourth-order valence-corrected chi connectivity index (χ4v) is 3.53. The van der Waals surface area contributed by atoms with E-state index in [1.807, 2.05) is 30.3 Å². The Morgan fingerprint density at radius 2 is 1.20 bits per heavy atom. The van der Waals surface area contributed by atoms with Crippen LogP contribution in [0.5, 0.6) is 0 Å². The van der Waals surface area contributed by atoms with Gasteiger partial charge >= 0.3 is 5.97 Å². The van der Waals surface area contributed by atoms with E-state index in [0.29, 0.717) is 27.8 Å². The summed E-state index contributed by atoms with van der Waals surface area (Å²) in [6.07, 6.45) is 0. The van der Waals surface area contributed by atoms with Crippen LogP contribution < -0.4 is 0 Å². The first-order valence-electron chi connectivity index (χ1n) is 10.9. The quantitative estimate of drug-likeness (QED) is 0.297. The number of hydrogen-bond acceptors (Lipinski definition) is 5. The summed E-state index contributed by atoms with van der Waals surface area (Å²) < 4.78 is 0. The lowest BCUT2D eigenvalue weighted by Crippen LogP contribution is -2.05. The molecule has 0 saturated heterocycles. The molecular weight excluding hydrogens is 444 g/mol. The molecule has 0 radical (unpaired) electrons. The maximum atomic E-state index is 12.3. The highest BCUT2D eigenvalue weighted by Crippen LogP contribution is 2.25. The van der Waals surface area contributed by atoms with Crippen molar-refractivity contribution in [3.05, 3.63) is 130 Å². The number of ketones is 1. The number of carbonyl (C=O) groups excluding carboxylic acids is 1. The Balaban J connectivity index is 0.000000196. The van der Waals surface area contributed by atoms with Crippen molar-refractivity contribution in [1.82, 2.24) is 0 Å². The average Bonchev–Trinajstić information content (AvgIpc) is 2.93. The SMILES string of the molecule is O=C(O)c1ccc(CO)cc1-c1ccccc1.O=C(c1ccc(CO)cc1)c1ccccc1CO. The van der Waals surface area contributed by atoms with Crippen molar-refractivity contribution in [2.24, 2.45) is 0 Å². The van der Waals surface area contributed by atoms with Crippen LogP contribution in [0.25, 0.3) is 11.1 Å². The standard InChI is InChI=1S/C15H14O3.C14H12O3/c16-9-11-5-7-12(8-6-11)15(18)14-4-2-1-3-13(14)10-17;15-9-10-6-7-12(14(16)17)13(8-10)11-4-2-1-3-5-11/h1-8,16-17H,9-10H2;1-8,15H,9H2,(H,16,17). The molecular formula is C29H26O6. The number of hydrogen-bond donors (Lipinski definition) is 4. The first-order chi connectivity index (χ1) is 17.0. The molecule has 0 bridgehead atoms. The normalized spacial score (nSPS) is 10.3. The lowest BCUT2D eigenvalue weighted by atomic mass is 9.97. The third-order valence-corrected chi connectivity index (χ3v) is 5.41. The van der Waals surface area contributed by atoms with Gasteiger partial charge < -0.3 is 20.4 Å². The average molecular weight is 471 g/mol. The van der Waals surface area contributed by atoms with Crippen LogP contribution in [-0.4, -0.2) is 32.2 Å². The molecule has 4 aromatic carbocycles. The summed E-state index contributed by atoms with van der Waals surface area (Å²) in [5, 5.41) is 36.4. The monoisotopic (exact) mass is 470 g/mol. The summed E-state index contributed by atoms with van der Waals surface area (Å²) in [4.78, 5) is 23.4. The van der Waals surface area contributed by atoms with Crippen LogP contribution >= 0.6 is 0 Å². The minimum atomic E-state index is -0.964. The molecule has 4 N–H and O–H groups in total. The summed E-state index contributed by atoms with van der Waals surface area (Å²) in [6.45, 7) is -0.294. The highest BCUT2D eigenvalue weighted by Gasteiger charge is 2.13. The Morgan fingerprint density at radius 3 is 1.80 bits per heavy atom. The van der Waals surface area contributed by atoms with Gasteiger partial charge in [0.1, 0.15) is 0 Å². The van der Waals surface area contributed by atoms with Crippen molar-refractivity contribution in [3.8, 4) is 11.1 Å². The van der Waals surface area contributed by atoms with E-state index in [2.05, 4.69) is 0 Å². The number of benzene rings is 4. The van der Waals surface area contributed by atoms with Gasteiger partial charge in [-0.25, -0.2) is 4.79 Å². The van der Waals surface area contributed by atoms with E-state index in [9.17, 15) is 14.7 Å². The first-order valence-corrected chi connectivity index (χ1v) is 10.9. The van der Waals surface area contributed by atoms with Gasteiger partial charge in [-0.15, -0.1) is 0 Å². The van der Waals surface area contributed by atoms with Crippen LogP contribution in [0.4, 0.5) is 0 Å². The Morgan fingerprint density at radius 1 is 0.600 bits per heavy atom. The van der Waals surface area contributed by atoms with E-state index >= 15 is 0 Å². The van der Waals surface area contributed by atoms with Crippen molar-refractivity contribution in [2.75, 3.05) is 0 Å². The molecule has 0 unspecified atom stereocenters. The van der Waals surface area contributed by atoms with Gasteiger partial charge in [0, 0.05) is 11.1 Å². The molecule has 0 atom stereocenters. The van der Waals surface area contributed by atoms with E-state index in [0.717, 1.165) is 11.1 Å². The number of aliphatic hydroxyl groups is 3. The predicted octanol–water partition coefficient (Wildman–Crippen LogP) is 4.45. The molecule has 4 aromatic rings. The second-order valence-electron chi connectivity index (χ2n) is 7.71. The second kappa shape index (κ2) is 12.4. The largest absolute Gasteiger partial charge is 0.478 e. The zero-order valence-corrected chi connectivity index (χ0v) is 19.0. The number of aromatic carboxylic acids is 1. The molecule has 0 fully saturated rings. The van der Waals surface area contributed by atoms with Crippen molar-refractivity contribution in [2.45, 2.75) is 19.8 Å². The summed E-state index contributed by atoms with van der Waals surface area (Å²) in [5.74, 6) is -1.09. The van der Waals surface area contributed by atoms with Crippen molar-refractivity contribution < 1.29 is 30.0 Å². The molecule has 6 heteroatoms. The van der Waals surface area contributed by atoms with Gasteiger partial charge in [-0.3, -0.25) is 4.79 Å². The van der Waals surface area contributed by atoms with Crippen LogP contribution in [-0.2, 0) is 19.8 Å². The minimum absolute atomic E-state index is 0.0400. The molecule has 6 nitrogen and oxygen atoms in total. The lowest BCUT2D eigenvalue weighted by Gasteiger charge is -2.08. The van der Waals surface area contributed by atoms with Crippen LogP contribution in [0.3, 0.4) is 0 Å². The van der Waals surface area contributed by atoms with Crippen LogP contribution in [0.15, 0.2) is 97.1 Å². The molecule has 35 heavy (non-hydrogen) atoms. The van der Waals surface area contributed by atoms with E-state index in [1.54, 1.807) is 60.7 Å². The summed E-state index contributed by atoms with van der Waals surface area (Å²) in [5.41, 5.74) is 4.85. The maximum Gasteiger partial charge on any atom is 0.336 e. The Kier molecular flexibility index (Phi) is 9.03. The molecule has 0 spiro atoms. The molecule has 4 rings (SSSR count). The van der Waals surface area contributed by atoms with Gasteiger partial charge in [-0.2, -0.15) is 0 Å². The molecule has 0 aliphatic carbocycles. The number of carboxylic acids is 1. The molecule has 0 saturated carbocycles. The fourth-order valence-electron chi connectivity index (χ4n) is 3.53. The van der Waals surface area contributed by atoms with E-state index in [4.69, 9.17) is 15.3 Å². The molecule has 0 aliphatic rings. The summed E-state index contributed by atoms with van der Waals surface area (Å²) in [6, 6.07) is 27.9. The second-order valence-corrected chi connectivity index (χ2v) is 7.71. The number of aliphatic hydroxyl groups excluding tert-OH is 3. The maximum absolute atomic E-state index is 12.3. The van der Waals surface area contributed by atoms with Gasteiger partial charge in [0.25, 0.3) is 0 Å². The smallest absolute Gasteiger partial charge is 0.336 e. The van der Waals surface area contributed by atoms with Gasteiger partial charge in [0.2, 0.25) is 0 Å². The highest BCUT2D eigenvalue weighted by atomic mass is 16.4. The molecule has 0 aliphatic heterocycles.